The summed E-state index contributed by atoms with van der Waals surface area (Å²) in [6, 6.07) is 5.67. The summed E-state index contributed by atoms with van der Waals surface area (Å²) < 4.78 is 0. The first-order valence-electron chi connectivity index (χ1n) is 7.09. The molecule has 1 aliphatic rings. The van der Waals surface area contributed by atoms with Gasteiger partial charge in [-0.3, -0.25) is 9.59 Å². The average Bonchev–Trinajstić information content (AvgIpc) is 2.92. The fourth-order valence-electron chi connectivity index (χ4n) is 2.87. The van der Waals surface area contributed by atoms with Crippen molar-refractivity contribution in [3.8, 4) is 0 Å². The molecule has 4 heteroatoms. The number of aryl methyl sites for hydroxylation is 1. The number of rotatable bonds is 4. The highest BCUT2D eigenvalue weighted by molar-refractivity contribution is 5.97. The fraction of sp³-hybridized carbons (Fsp3) is 0.500. The number of nitrogens with zero attached hydrogens (tertiary/aromatic N) is 1. The van der Waals surface area contributed by atoms with Gasteiger partial charge in [0, 0.05) is 11.6 Å². The lowest BCUT2D eigenvalue weighted by molar-refractivity contribution is -0.138. The van der Waals surface area contributed by atoms with Gasteiger partial charge in [-0.25, -0.2) is 0 Å². The Balaban J connectivity index is 2.29. The number of hydrogen-bond donors (Lipinski definition) is 1. The second kappa shape index (κ2) is 6.07. The first kappa shape index (κ1) is 14.6. The number of carboxylic acid groups (broad SMARTS) is 1. The fourth-order valence-corrected chi connectivity index (χ4v) is 2.87. The van der Waals surface area contributed by atoms with Gasteiger partial charge in [-0.1, -0.05) is 25.0 Å². The third-order valence-corrected chi connectivity index (χ3v) is 4.17. The van der Waals surface area contributed by atoms with E-state index < -0.39 is 5.97 Å². The molecule has 0 spiro atoms. The van der Waals surface area contributed by atoms with Crippen LogP contribution in [0.15, 0.2) is 18.2 Å². The van der Waals surface area contributed by atoms with Gasteiger partial charge < -0.3 is 10.0 Å². The molecule has 0 heterocycles. The van der Waals surface area contributed by atoms with E-state index in [1.807, 2.05) is 26.0 Å². The van der Waals surface area contributed by atoms with Crippen LogP contribution in [0.1, 0.15) is 47.2 Å². The maximum atomic E-state index is 12.7. The van der Waals surface area contributed by atoms with Gasteiger partial charge in [-0.15, -0.1) is 0 Å². The predicted octanol–water partition coefficient (Wildman–Crippen LogP) is 2.77. The van der Waals surface area contributed by atoms with Crippen molar-refractivity contribution in [2.24, 2.45) is 0 Å². The Hall–Kier alpha value is -1.84. The van der Waals surface area contributed by atoms with E-state index in [0.717, 1.165) is 36.8 Å². The predicted molar refractivity (Wildman–Crippen MR) is 76.8 cm³/mol. The highest BCUT2D eigenvalue weighted by atomic mass is 16.4. The van der Waals surface area contributed by atoms with Gasteiger partial charge >= 0.3 is 5.97 Å². The van der Waals surface area contributed by atoms with Crippen molar-refractivity contribution in [2.45, 2.75) is 45.6 Å². The van der Waals surface area contributed by atoms with E-state index in [0.29, 0.717) is 5.56 Å². The summed E-state index contributed by atoms with van der Waals surface area (Å²) in [6.07, 6.45) is 3.95. The Kier molecular flexibility index (Phi) is 4.42. The molecule has 0 aliphatic heterocycles. The van der Waals surface area contributed by atoms with Crippen LogP contribution in [-0.2, 0) is 4.79 Å². The minimum atomic E-state index is -0.949. The highest BCUT2D eigenvalue weighted by Crippen LogP contribution is 2.26. The van der Waals surface area contributed by atoms with E-state index in [1.54, 1.807) is 6.07 Å². The normalized spacial score (nSPS) is 15.3. The lowest BCUT2D eigenvalue weighted by atomic mass is 10.0. The molecular formula is C16H21NO3. The molecule has 0 unspecified atom stereocenters. The second-order valence-electron chi connectivity index (χ2n) is 5.51. The number of carbonyl (C=O) groups is 2. The maximum Gasteiger partial charge on any atom is 0.323 e. The Morgan fingerprint density at radius 1 is 1.25 bits per heavy atom. The van der Waals surface area contributed by atoms with E-state index in [1.165, 1.54) is 4.90 Å². The lowest BCUT2D eigenvalue weighted by Gasteiger charge is -2.28. The summed E-state index contributed by atoms with van der Waals surface area (Å²) in [5.41, 5.74) is 2.61. The molecule has 1 saturated carbocycles. The van der Waals surface area contributed by atoms with E-state index in [4.69, 9.17) is 5.11 Å². The van der Waals surface area contributed by atoms with Crippen molar-refractivity contribution < 1.29 is 14.7 Å². The minimum Gasteiger partial charge on any atom is -0.480 e. The largest absolute Gasteiger partial charge is 0.480 e. The first-order valence-corrected chi connectivity index (χ1v) is 7.09. The van der Waals surface area contributed by atoms with Crippen LogP contribution in [-0.4, -0.2) is 34.5 Å². The molecule has 1 fully saturated rings. The molecule has 0 bridgehead atoms. The Morgan fingerprint density at radius 3 is 2.50 bits per heavy atom. The molecule has 4 nitrogen and oxygen atoms in total. The molecule has 2 rings (SSSR count). The van der Waals surface area contributed by atoms with E-state index in [-0.39, 0.29) is 18.5 Å². The molecular weight excluding hydrogens is 254 g/mol. The lowest BCUT2D eigenvalue weighted by Crippen LogP contribution is -2.42. The number of benzene rings is 1. The topological polar surface area (TPSA) is 57.6 Å². The smallest absolute Gasteiger partial charge is 0.323 e. The third-order valence-electron chi connectivity index (χ3n) is 4.17. The van der Waals surface area contributed by atoms with Crippen molar-refractivity contribution >= 4 is 11.9 Å². The van der Waals surface area contributed by atoms with Crippen LogP contribution >= 0.6 is 0 Å². The van der Waals surface area contributed by atoms with Crippen molar-refractivity contribution in [1.82, 2.24) is 4.90 Å². The molecule has 20 heavy (non-hydrogen) atoms. The van der Waals surface area contributed by atoms with Gasteiger partial charge in [0.1, 0.15) is 6.54 Å². The quantitative estimate of drug-likeness (QED) is 0.919. The third kappa shape index (κ3) is 3.00. The van der Waals surface area contributed by atoms with Gasteiger partial charge in [0.15, 0.2) is 0 Å². The van der Waals surface area contributed by atoms with E-state index >= 15 is 0 Å². The summed E-state index contributed by atoms with van der Waals surface area (Å²) in [6.45, 7) is 3.66. The van der Waals surface area contributed by atoms with E-state index in [2.05, 4.69) is 0 Å². The average molecular weight is 275 g/mol. The van der Waals surface area contributed by atoms with Gasteiger partial charge in [0.25, 0.3) is 5.91 Å². The van der Waals surface area contributed by atoms with Crippen LogP contribution in [0.2, 0.25) is 0 Å². The number of carboxylic acids is 1. The molecule has 1 aromatic rings. The van der Waals surface area contributed by atoms with Gasteiger partial charge in [-0.2, -0.15) is 0 Å². The zero-order chi connectivity index (χ0) is 14.7. The van der Waals surface area contributed by atoms with Crippen LogP contribution < -0.4 is 0 Å². The molecule has 1 aliphatic carbocycles. The van der Waals surface area contributed by atoms with Crippen molar-refractivity contribution in [2.75, 3.05) is 6.54 Å². The Morgan fingerprint density at radius 2 is 1.90 bits per heavy atom. The summed E-state index contributed by atoms with van der Waals surface area (Å²) in [5, 5.41) is 9.07. The highest BCUT2D eigenvalue weighted by Gasteiger charge is 2.29. The molecule has 1 aromatic carbocycles. The molecule has 108 valence electrons. The van der Waals surface area contributed by atoms with Crippen LogP contribution in [0.3, 0.4) is 0 Å². The molecule has 1 N–H and O–H groups in total. The van der Waals surface area contributed by atoms with Crippen molar-refractivity contribution in [3.63, 3.8) is 0 Å². The summed E-state index contributed by atoms with van der Waals surface area (Å²) >= 11 is 0. The van der Waals surface area contributed by atoms with Gasteiger partial charge in [-0.05, 0) is 43.9 Å². The Bertz CT molecular complexity index is 518. The van der Waals surface area contributed by atoms with Crippen LogP contribution in [0.4, 0.5) is 0 Å². The second-order valence-corrected chi connectivity index (χ2v) is 5.51. The zero-order valence-corrected chi connectivity index (χ0v) is 12.1. The number of amides is 1. The Labute approximate surface area is 119 Å². The molecule has 0 saturated heterocycles. The van der Waals surface area contributed by atoms with Crippen molar-refractivity contribution in [3.05, 3.63) is 34.9 Å². The number of hydrogen-bond acceptors (Lipinski definition) is 2. The molecule has 1 amide bonds. The van der Waals surface area contributed by atoms with Crippen LogP contribution in [0, 0.1) is 13.8 Å². The minimum absolute atomic E-state index is 0.0681. The van der Waals surface area contributed by atoms with Gasteiger partial charge in [0.2, 0.25) is 0 Å². The molecule has 0 radical (unpaired) electrons. The van der Waals surface area contributed by atoms with Gasteiger partial charge in [0.05, 0.1) is 0 Å². The molecule has 0 aromatic heterocycles. The standard InChI is InChI=1S/C16H21NO3/c1-11-6-5-9-14(12(11)2)16(20)17(10-15(18)19)13-7-3-4-8-13/h5-6,9,13H,3-4,7-8,10H2,1-2H3,(H,18,19). The summed E-state index contributed by atoms with van der Waals surface area (Å²) in [5.74, 6) is -1.10. The number of carbonyl (C=O) groups excluding carboxylic acids is 1. The summed E-state index contributed by atoms with van der Waals surface area (Å²) in [7, 11) is 0. The SMILES string of the molecule is Cc1cccc(C(=O)N(CC(=O)O)C2CCCC2)c1C. The zero-order valence-electron chi connectivity index (χ0n) is 12.1. The summed E-state index contributed by atoms with van der Waals surface area (Å²) in [4.78, 5) is 25.3. The van der Waals surface area contributed by atoms with Crippen LogP contribution in [0.25, 0.3) is 0 Å². The van der Waals surface area contributed by atoms with E-state index in [9.17, 15) is 9.59 Å². The maximum absolute atomic E-state index is 12.7. The molecule has 0 atom stereocenters. The number of aliphatic carboxylic acids is 1. The first-order chi connectivity index (χ1) is 9.50. The van der Waals surface area contributed by atoms with Crippen LogP contribution in [0.5, 0.6) is 0 Å². The monoisotopic (exact) mass is 275 g/mol. The van der Waals surface area contributed by atoms with Crippen molar-refractivity contribution in [1.29, 1.82) is 0 Å².